The van der Waals surface area contributed by atoms with Gasteiger partial charge in [0.25, 0.3) is 0 Å². The Morgan fingerprint density at radius 3 is 2.70 bits per heavy atom. The first-order chi connectivity index (χ1) is 9.74. The minimum absolute atomic E-state index is 0.306. The standard InChI is InChI=1S/C15H22N4O/c1-12-10-16-11-14(17-12)18-6-3-7-19(9-8-18)15(20)13-4-2-5-13/h10-11,13H,2-9H2,1H3. The Kier molecular flexibility index (Phi) is 3.85. The van der Waals surface area contributed by atoms with Crippen LogP contribution < -0.4 is 4.90 Å². The topological polar surface area (TPSA) is 49.3 Å². The molecule has 1 saturated carbocycles. The average molecular weight is 274 g/mol. The van der Waals surface area contributed by atoms with Crippen LogP contribution in [0.15, 0.2) is 12.4 Å². The minimum atomic E-state index is 0.306. The molecule has 108 valence electrons. The monoisotopic (exact) mass is 274 g/mol. The van der Waals surface area contributed by atoms with Crippen molar-refractivity contribution in [3.8, 4) is 0 Å². The van der Waals surface area contributed by atoms with Crippen molar-refractivity contribution >= 4 is 11.7 Å². The van der Waals surface area contributed by atoms with Gasteiger partial charge < -0.3 is 9.80 Å². The molecule has 0 aromatic carbocycles. The van der Waals surface area contributed by atoms with Gasteiger partial charge in [0, 0.05) is 38.3 Å². The smallest absolute Gasteiger partial charge is 0.225 e. The Morgan fingerprint density at radius 2 is 2.00 bits per heavy atom. The molecule has 2 heterocycles. The van der Waals surface area contributed by atoms with Gasteiger partial charge in [0.1, 0.15) is 5.82 Å². The highest BCUT2D eigenvalue weighted by Crippen LogP contribution is 2.28. The Bertz CT molecular complexity index is 487. The molecule has 5 heteroatoms. The minimum Gasteiger partial charge on any atom is -0.353 e. The molecule has 0 atom stereocenters. The van der Waals surface area contributed by atoms with Gasteiger partial charge in [0.05, 0.1) is 11.9 Å². The van der Waals surface area contributed by atoms with E-state index < -0.39 is 0 Å². The van der Waals surface area contributed by atoms with Gasteiger partial charge in [-0.15, -0.1) is 0 Å². The molecule has 3 rings (SSSR count). The summed E-state index contributed by atoms with van der Waals surface area (Å²) in [5, 5.41) is 0. The number of aromatic nitrogens is 2. The maximum atomic E-state index is 12.3. The van der Waals surface area contributed by atoms with Crippen LogP contribution in [0.25, 0.3) is 0 Å². The van der Waals surface area contributed by atoms with Crippen LogP contribution in [0.5, 0.6) is 0 Å². The van der Waals surface area contributed by atoms with Gasteiger partial charge >= 0.3 is 0 Å². The van der Waals surface area contributed by atoms with Crippen LogP contribution in [0.3, 0.4) is 0 Å². The van der Waals surface area contributed by atoms with Crippen LogP contribution in [0.4, 0.5) is 5.82 Å². The van der Waals surface area contributed by atoms with Crippen molar-refractivity contribution < 1.29 is 4.79 Å². The zero-order chi connectivity index (χ0) is 13.9. The lowest BCUT2D eigenvalue weighted by Crippen LogP contribution is -2.41. The highest BCUT2D eigenvalue weighted by atomic mass is 16.2. The quantitative estimate of drug-likeness (QED) is 0.822. The van der Waals surface area contributed by atoms with Crippen molar-refractivity contribution in [3.63, 3.8) is 0 Å². The number of amides is 1. The van der Waals surface area contributed by atoms with Gasteiger partial charge in [-0.1, -0.05) is 6.42 Å². The highest BCUT2D eigenvalue weighted by molar-refractivity contribution is 5.79. The normalized spacial score (nSPS) is 20.4. The van der Waals surface area contributed by atoms with E-state index in [2.05, 4.69) is 14.9 Å². The van der Waals surface area contributed by atoms with E-state index in [1.54, 1.807) is 6.20 Å². The zero-order valence-corrected chi connectivity index (χ0v) is 12.1. The number of hydrogen-bond donors (Lipinski definition) is 0. The fraction of sp³-hybridized carbons (Fsp3) is 0.667. The molecule has 0 spiro atoms. The van der Waals surface area contributed by atoms with E-state index in [4.69, 9.17) is 0 Å². The predicted octanol–water partition coefficient (Wildman–Crippen LogP) is 1.62. The van der Waals surface area contributed by atoms with Crippen molar-refractivity contribution in [2.45, 2.75) is 32.6 Å². The molecule has 0 unspecified atom stereocenters. The Morgan fingerprint density at radius 1 is 1.15 bits per heavy atom. The molecule has 0 N–H and O–H groups in total. The van der Waals surface area contributed by atoms with Gasteiger partial charge in [-0.25, -0.2) is 4.98 Å². The van der Waals surface area contributed by atoms with E-state index in [1.165, 1.54) is 6.42 Å². The molecule has 1 aliphatic carbocycles. The van der Waals surface area contributed by atoms with E-state index in [1.807, 2.05) is 18.0 Å². The lowest BCUT2D eigenvalue weighted by Gasteiger charge is -2.31. The molecule has 1 saturated heterocycles. The van der Waals surface area contributed by atoms with Crippen LogP contribution in [-0.2, 0) is 4.79 Å². The number of anilines is 1. The molecule has 20 heavy (non-hydrogen) atoms. The summed E-state index contributed by atoms with van der Waals surface area (Å²) in [7, 11) is 0. The first-order valence-corrected chi connectivity index (χ1v) is 7.56. The number of nitrogens with zero attached hydrogens (tertiary/aromatic N) is 4. The predicted molar refractivity (Wildman–Crippen MR) is 77.5 cm³/mol. The third kappa shape index (κ3) is 2.76. The maximum Gasteiger partial charge on any atom is 0.225 e. The fourth-order valence-electron chi connectivity index (χ4n) is 2.88. The van der Waals surface area contributed by atoms with Crippen molar-refractivity contribution in [1.29, 1.82) is 0 Å². The molecular formula is C15H22N4O. The fourth-order valence-corrected chi connectivity index (χ4v) is 2.88. The van der Waals surface area contributed by atoms with Gasteiger partial charge in [-0.3, -0.25) is 9.78 Å². The first kappa shape index (κ1) is 13.3. The summed E-state index contributed by atoms with van der Waals surface area (Å²) in [5.74, 6) is 1.61. The van der Waals surface area contributed by atoms with E-state index in [0.717, 1.165) is 57.0 Å². The molecule has 1 aromatic rings. The molecule has 5 nitrogen and oxygen atoms in total. The summed E-state index contributed by atoms with van der Waals surface area (Å²) in [6.07, 6.45) is 7.98. The second kappa shape index (κ2) is 5.77. The second-order valence-corrected chi connectivity index (χ2v) is 5.81. The number of aryl methyl sites for hydroxylation is 1. The molecule has 1 aliphatic heterocycles. The Labute approximate surface area is 120 Å². The van der Waals surface area contributed by atoms with Crippen molar-refractivity contribution in [3.05, 3.63) is 18.1 Å². The van der Waals surface area contributed by atoms with E-state index >= 15 is 0 Å². The van der Waals surface area contributed by atoms with Crippen LogP contribution in [-0.4, -0.2) is 47.0 Å². The maximum absolute atomic E-state index is 12.3. The third-order valence-corrected chi connectivity index (χ3v) is 4.33. The third-order valence-electron chi connectivity index (χ3n) is 4.33. The summed E-state index contributed by atoms with van der Waals surface area (Å²) >= 11 is 0. The summed E-state index contributed by atoms with van der Waals surface area (Å²) < 4.78 is 0. The Balaban J connectivity index is 1.63. The molecule has 2 aliphatic rings. The van der Waals surface area contributed by atoms with Gasteiger partial charge in [-0.2, -0.15) is 0 Å². The zero-order valence-electron chi connectivity index (χ0n) is 12.1. The highest BCUT2D eigenvalue weighted by Gasteiger charge is 2.30. The molecular weight excluding hydrogens is 252 g/mol. The van der Waals surface area contributed by atoms with Gasteiger partial charge in [0.2, 0.25) is 5.91 Å². The SMILES string of the molecule is Cc1cncc(N2CCCN(C(=O)C3CCC3)CC2)n1. The van der Waals surface area contributed by atoms with Crippen molar-refractivity contribution in [2.24, 2.45) is 5.92 Å². The summed E-state index contributed by atoms with van der Waals surface area (Å²) in [5.41, 5.74) is 0.939. The summed E-state index contributed by atoms with van der Waals surface area (Å²) in [6, 6.07) is 0. The van der Waals surface area contributed by atoms with Gasteiger partial charge in [-0.05, 0) is 26.2 Å². The molecule has 1 amide bonds. The van der Waals surface area contributed by atoms with Crippen molar-refractivity contribution in [2.75, 3.05) is 31.1 Å². The number of carbonyl (C=O) groups is 1. The lowest BCUT2D eigenvalue weighted by atomic mass is 9.84. The van der Waals surface area contributed by atoms with E-state index in [-0.39, 0.29) is 0 Å². The first-order valence-electron chi connectivity index (χ1n) is 7.56. The number of rotatable bonds is 2. The second-order valence-electron chi connectivity index (χ2n) is 5.81. The Hall–Kier alpha value is -1.65. The van der Waals surface area contributed by atoms with Crippen LogP contribution in [0.1, 0.15) is 31.4 Å². The molecule has 0 radical (unpaired) electrons. The van der Waals surface area contributed by atoms with Crippen LogP contribution in [0, 0.1) is 12.8 Å². The van der Waals surface area contributed by atoms with Crippen LogP contribution >= 0.6 is 0 Å². The average Bonchev–Trinajstić information content (AvgIpc) is 2.62. The summed E-state index contributed by atoms with van der Waals surface area (Å²) in [6.45, 7) is 5.46. The molecule has 1 aromatic heterocycles. The number of hydrogen-bond acceptors (Lipinski definition) is 4. The van der Waals surface area contributed by atoms with Crippen LogP contribution in [0.2, 0.25) is 0 Å². The van der Waals surface area contributed by atoms with Gasteiger partial charge in [0.15, 0.2) is 0 Å². The molecule has 0 bridgehead atoms. The van der Waals surface area contributed by atoms with E-state index in [9.17, 15) is 4.79 Å². The number of carbonyl (C=O) groups excluding carboxylic acids is 1. The lowest BCUT2D eigenvalue weighted by molar-refractivity contribution is -0.137. The van der Waals surface area contributed by atoms with Crippen molar-refractivity contribution in [1.82, 2.24) is 14.9 Å². The molecule has 2 fully saturated rings. The largest absolute Gasteiger partial charge is 0.353 e. The van der Waals surface area contributed by atoms with E-state index in [0.29, 0.717) is 11.8 Å². The summed E-state index contributed by atoms with van der Waals surface area (Å²) in [4.78, 5) is 25.3.